The molecular formula is C58H89CuN11O16+2. The molecule has 2 aromatic carbocycles. The van der Waals surface area contributed by atoms with E-state index in [9.17, 15) is 73.2 Å². The molecule has 7 amide bonds. The summed E-state index contributed by atoms with van der Waals surface area (Å²) in [7, 11) is 0. The standard InChI is InChI=1S/C58H89N11O16.Cu/c70-48(61-29-13-11-22-44(56(81)82)66-58(85)67-45(57(83)84)25-26-51(73)74)23-9-1-2-10-24-49(71)63-43(55(79)80)21-12-14-30-62-53(77)46(37-41-17-5-3-6-18-41)65-54(78)47(38-42-19-7-4-8-20-42)64-50(72)39-68-33-15-27-60-32-36-69(40-52(75)76)34-16-28-59-31-35-68;/h3-8,17-20,43-47,59-60H,1-2,9-16,21-40H2,(H,61,70)(H,62,77)(H,63,71)(H,64,72)(H,65,78)(H,73,74)(H,75,76)(H,79,80)(H,81,82)(H,83,84)(H2,66,67,85);/q;+2/t43-,44-,45-,46?,47?;/m0./s1/i;1+0. The Hall–Kier alpha value is -7.23. The van der Waals surface area contributed by atoms with E-state index in [2.05, 4.69) is 47.9 Å². The van der Waals surface area contributed by atoms with Gasteiger partial charge in [0.2, 0.25) is 29.5 Å². The van der Waals surface area contributed by atoms with Crippen molar-refractivity contribution in [1.82, 2.24) is 57.7 Å². The van der Waals surface area contributed by atoms with Crippen molar-refractivity contribution < 1.29 is 95.3 Å². The third-order valence-electron chi connectivity index (χ3n) is 13.9. The van der Waals surface area contributed by atoms with E-state index in [-0.39, 0.29) is 93.6 Å². The van der Waals surface area contributed by atoms with Crippen LogP contribution in [-0.4, -0.2) is 209 Å². The molecule has 1 aliphatic rings. The first kappa shape index (κ1) is 74.9. The number of unbranched alkanes of at least 4 members (excludes halogenated alkanes) is 5. The average molecular weight is 1260 g/mol. The number of benzene rings is 2. The van der Waals surface area contributed by atoms with Gasteiger partial charge in [-0.15, -0.1) is 0 Å². The Labute approximate surface area is 512 Å². The Morgan fingerprint density at radius 1 is 0.419 bits per heavy atom. The van der Waals surface area contributed by atoms with E-state index in [1.54, 1.807) is 0 Å². The fourth-order valence-corrected chi connectivity index (χ4v) is 9.33. The molecule has 1 aliphatic heterocycles. The van der Waals surface area contributed by atoms with Gasteiger partial charge in [-0.2, -0.15) is 0 Å². The number of nitrogens with one attached hydrogen (secondary N) is 9. The SMILES string of the molecule is O=C(O)CC[C@H](NC(=O)N[C@@H](CCCCNC(=O)CCCCCCC(=O)N[C@@H](CCCCNC(=O)C(Cc1ccccc1)NC(=O)C(Cc1ccccc1)NC(=O)CN1CCCNCCN(CC(=O)O)CCCNCC1)C(=O)O)C(=O)O)C(=O)O.[64Cu+2]. The predicted octanol–water partition coefficient (Wildman–Crippen LogP) is 0.654. The largest absolute Gasteiger partial charge is 2.00 e. The number of carbonyl (C=O) groups is 11. The molecule has 1 saturated heterocycles. The summed E-state index contributed by atoms with van der Waals surface area (Å²) in [6.07, 6.45) is 4.85. The van der Waals surface area contributed by atoms with Crippen molar-refractivity contribution in [2.75, 3.05) is 78.5 Å². The monoisotopic (exact) mass is 1260 g/mol. The fourth-order valence-electron chi connectivity index (χ4n) is 9.33. The first-order valence-electron chi connectivity index (χ1n) is 29.4. The molecular weight excluding hydrogens is 1170 g/mol. The van der Waals surface area contributed by atoms with Crippen LogP contribution in [0.1, 0.15) is 114 Å². The molecule has 0 spiro atoms. The van der Waals surface area contributed by atoms with Crippen LogP contribution in [0.3, 0.4) is 0 Å². The van der Waals surface area contributed by atoms with Gasteiger partial charge in [-0.25, -0.2) is 19.2 Å². The van der Waals surface area contributed by atoms with Gasteiger partial charge in [-0.05, 0) is 108 Å². The smallest absolute Gasteiger partial charge is 0.481 e. The van der Waals surface area contributed by atoms with E-state index in [1.165, 1.54) is 0 Å². The number of carboxylic acid groups (broad SMARTS) is 5. The molecule has 2 aromatic rings. The minimum absolute atomic E-state index is 0. The van der Waals surface area contributed by atoms with E-state index in [1.807, 2.05) is 70.5 Å². The fraction of sp³-hybridized carbons (Fsp3) is 0.603. The summed E-state index contributed by atoms with van der Waals surface area (Å²) in [6, 6.07) is 11.2. The van der Waals surface area contributed by atoms with Gasteiger partial charge >= 0.3 is 52.9 Å². The summed E-state index contributed by atoms with van der Waals surface area (Å²) >= 11 is 0. The van der Waals surface area contributed by atoms with Crippen molar-refractivity contribution in [3.05, 3.63) is 71.8 Å². The normalized spacial score (nSPS) is 15.2. The van der Waals surface area contributed by atoms with Gasteiger partial charge < -0.3 is 73.4 Å². The van der Waals surface area contributed by atoms with Gasteiger partial charge in [0.25, 0.3) is 0 Å². The van der Waals surface area contributed by atoms with E-state index in [0.29, 0.717) is 104 Å². The third-order valence-corrected chi connectivity index (χ3v) is 13.9. The topological polar surface area (TPSA) is 404 Å². The van der Waals surface area contributed by atoms with Crippen LogP contribution in [0.2, 0.25) is 0 Å². The van der Waals surface area contributed by atoms with E-state index in [4.69, 9.17) is 5.11 Å². The zero-order chi connectivity index (χ0) is 62.2. The van der Waals surface area contributed by atoms with Crippen molar-refractivity contribution in [2.45, 2.75) is 146 Å². The minimum Gasteiger partial charge on any atom is -0.481 e. The molecule has 0 saturated carbocycles. The van der Waals surface area contributed by atoms with Crippen LogP contribution in [0.5, 0.6) is 0 Å². The second kappa shape index (κ2) is 44.3. The summed E-state index contributed by atoms with van der Waals surface area (Å²) in [6.45, 7) is 5.40. The Balaban J connectivity index is 0.0000252. The third kappa shape index (κ3) is 34.7. The summed E-state index contributed by atoms with van der Waals surface area (Å²) in [5, 5.41) is 71.7. The molecule has 14 N–H and O–H groups in total. The molecule has 0 aliphatic carbocycles. The molecule has 27 nitrogen and oxygen atoms in total. The molecule has 86 heavy (non-hydrogen) atoms. The molecule has 3 rings (SSSR count). The number of carbonyl (C=O) groups excluding carboxylic acids is 6. The van der Waals surface area contributed by atoms with Gasteiger partial charge in [-0.3, -0.25) is 43.4 Å². The molecule has 0 aromatic heterocycles. The van der Waals surface area contributed by atoms with Gasteiger partial charge in [0.15, 0.2) is 0 Å². The molecule has 481 valence electrons. The van der Waals surface area contributed by atoms with E-state index in [0.717, 1.165) is 24.0 Å². The van der Waals surface area contributed by atoms with Crippen LogP contribution in [-0.2, 0) is 77.9 Å². The predicted molar refractivity (Wildman–Crippen MR) is 312 cm³/mol. The maximum absolute atomic E-state index is 14.2. The number of amides is 7. The van der Waals surface area contributed by atoms with Crippen molar-refractivity contribution >= 4 is 65.4 Å². The molecule has 1 heterocycles. The quantitative estimate of drug-likeness (QED) is 0.0324. The van der Waals surface area contributed by atoms with Gasteiger partial charge in [0.05, 0.1) is 13.1 Å². The Morgan fingerprint density at radius 3 is 1.37 bits per heavy atom. The van der Waals surface area contributed by atoms with Gasteiger partial charge in [0, 0.05) is 71.4 Å². The summed E-state index contributed by atoms with van der Waals surface area (Å²) in [5.74, 6) is -8.20. The number of carboxylic acids is 5. The number of nitrogens with zero attached hydrogens (tertiary/aromatic N) is 2. The second-order valence-electron chi connectivity index (χ2n) is 21.1. The first-order chi connectivity index (χ1) is 40.8. The number of hydrogen-bond acceptors (Lipinski definition) is 15. The van der Waals surface area contributed by atoms with Crippen molar-refractivity contribution in [3.63, 3.8) is 0 Å². The minimum atomic E-state index is -1.53. The first-order valence-corrected chi connectivity index (χ1v) is 29.4. The number of rotatable bonds is 38. The maximum Gasteiger partial charge on any atom is 2.00 e. The maximum atomic E-state index is 14.2. The van der Waals surface area contributed by atoms with E-state index < -0.39 is 96.7 Å². The van der Waals surface area contributed by atoms with Gasteiger partial charge in [0.1, 0.15) is 30.2 Å². The molecule has 1 radical (unpaired) electrons. The Bertz CT molecular complexity index is 2400. The van der Waals surface area contributed by atoms with Crippen molar-refractivity contribution in [1.29, 1.82) is 0 Å². The number of aliphatic carboxylic acids is 5. The van der Waals surface area contributed by atoms with Crippen molar-refractivity contribution in [3.8, 4) is 0 Å². The summed E-state index contributed by atoms with van der Waals surface area (Å²) in [4.78, 5) is 140. The zero-order valence-electron chi connectivity index (χ0n) is 48.8. The van der Waals surface area contributed by atoms with Crippen LogP contribution < -0.4 is 47.9 Å². The van der Waals surface area contributed by atoms with Crippen LogP contribution in [0.25, 0.3) is 0 Å². The van der Waals surface area contributed by atoms with Crippen LogP contribution >= 0.6 is 0 Å². The molecule has 0 bridgehead atoms. The van der Waals surface area contributed by atoms with Crippen LogP contribution in [0.4, 0.5) is 4.79 Å². The molecule has 28 heteroatoms. The van der Waals surface area contributed by atoms with Crippen LogP contribution in [0, 0.1) is 0 Å². The Kier molecular flexibility index (Phi) is 38.5. The van der Waals surface area contributed by atoms with Crippen molar-refractivity contribution in [2.24, 2.45) is 0 Å². The Morgan fingerprint density at radius 2 is 0.872 bits per heavy atom. The zero-order valence-corrected chi connectivity index (χ0v) is 49.7. The van der Waals surface area contributed by atoms with Gasteiger partial charge in [-0.1, -0.05) is 73.5 Å². The number of urea groups is 1. The molecule has 5 atom stereocenters. The molecule has 2 unspecified atom stereocenters. The molecule has 1 fully saturated rings. The summed E-state index contributed by atoms with van der Waals surface area (Å²) in [5.41, 5.74) is 1.58. The van der Waals surface area contributed by atoms with Crippen LogP contribution in [0.15, 0.2) is 60.7 Å². The average Bonchev–Trinajstić information content (AvgIpc) is 3.36. The number of hydrogen-bond donors (Lipinski definition) is 14. The second-order valence-corrected chi connectivity index (χ2v) is 21.1. The summed E-state index contributed by atoms with van der Waals surface area (Å²) < 4.78 is 0. The van der Waals surface area contributed by atoms with E-state index >= 15 is 0 Å².